The summed E-state index contributed by atoms with van der Waals surface area (Å²) in [7, 11) is 4.05. The van der Waals surface area contributed by atoms with Crippen molar-refractivity contribution in [2.45, 2.75) is 225 Å². The zero-order chi connectivity index (χ0) is 39.6. The molecule has 0 aromatic rings. The van der Waals surface area contributed by atoms with Gasteiger partial charge in [-0.15, -0.1) is 0 Å². The van der Waals surface area contributed by atoms with Gasteiger partial charge in [-0.3, -0.25) is 14.4 Å². The molecule has 3 amide bonds. The summed E-state index contributed by atoms with van der Waals surface area (Å²) < 4.78 is 0. The minimum atomic E-state index is -0.522. The van der Waals surface area contributed by atoms with Crippen LogP contribution in [0.25, 0.3) is 0 Å². The molecular formula is C47H90N4O3. The van der Waals surface area contributed by atoms with Crippen molar-refractivity contribution in [1.82, 2.24) is 20.9 Å². The van der Waals surface area contributed by atoms with Crippen molar-refractivity contribution in [3.8, 4) is 0 Å². The Bertz CT molecular complexity index is 903. The summed E-state index contributed by atoms with van der Waals surface area (Å²) in [5.41, 5.74) is 0. The lowest BCUT2D eigenvalue weighted by Gasteiger charge is -2.19. The molecular weight excluding hydrogens is 669 g/mol. The number of carbonyl (C=O) groups is 3. The summed E-state index contributed by atoms with van der Waals surface area (Å²) in [5.74, 6) is -0.00899. The fourth-order valence-electron chi connectivity index (χ4n) is 6.77. The zero-order valence-electron chi connectivity index (χ0n) is 36.3. The molecule has 3 N–H and O–H groups in total. The van der Waals surface area contributed by atoms with Crippen LogP contribution >= 0.6 is 0 Å². The Morgan fingerprint density at radius 1 is 0.463 bits per heavy atom. The molecule has 0 aliphatic heterocycles. The number of nitrogens with one attached hydrogen (secondary N) is 3. The molecule has 316 valence electrons. The fraction of sp³-hybridized carbons (Fsp3) is 0.851. The van der Waals surface area contributed by atoms with Gasteiger partial charge in [-0.1, -0.05) is 141 Å². The van der Waals surface area contributed by atoms with E-state index in [0.717, 1.165) is 64.3 Å². The van der Waals surface area contributed by atoms with Crippen molar-refractivity contribution >= 4 is 17.7 Å². The lowest BCUT2D eigenvalue weighted by Crippen LogP contribution is -2.47. The third kappa shape index (κ3) is 39.5. The summed E-state index contributed by atoms with van der Waals surface area (Å²) in [6.45, 7) is 6.66. The summed E-state index contributed by atoms with van der Waals surface area (Å²) in [4.78, 5) is 40.3. The van der Waals surface area contributed by atoms with E-state index in [1.807, 2.05) is 14.1 Å². The van der Waals surface area contributed by atoms with Gasteiger partial charge >= 0.3 is 0 Å². The van der Waals surface area contributed by atoms with Crippen LogP contribution in [0.4, 0.5) is 0 Å². The summed E-state index contributed by atoms with van der Waals surface area (Å²) in [6, 6.07) is -0.522. The van der Waals surface area contributed by atoms with Crippen LogP contribution in [0.3, 0.4) is 0 Å². The Kier molecular flexibility index (Phi) is 40.3. The highest BCUT2D eigenvalue weighted by Gasteiger charge is 2.20. The van der Waals surface area contributed by atoms with Gasteiger partial charge in [0.05, 0.1) is 0 Å². The Labute approximate surface area is 335 Å². The molecule has 0 aromatic heterocycles. The standard InChI is InChI=1S/C47H90N4O3/c1-5-7-9-11-13-15-17-19-21-23-25-27-29-31-33-39-45(52)48-41-36-35-38-44(47(54)49-42-37-43-51(3)4)50-46(53)40-34-32-30-28-26-24-22-20-18-16-14-12-10-8-6-2/h19-22,44H,5-18,23-43H2,1-4H3,(H,48,52)(H,49,54)(H,50,53)/b21-19-,22-20-/t44-/m1/s1. The summed E-state index contributed by atoms with van der Waals surface area (Å²) in [6.07, 6.45) is 45.8. The lowest BCUT2D eigenvalue weighted by atomic mass is 10.1. The number of allylic oxidation sites excluding steroid dienone is 4. The van der Waals surface area contributed by atoms with E-state index in [1.165, 1.54) is 128 Å². The predicted octanol–water partition coefficient (Wildman–Crippen LogP) is 11.9. The first-order valence-electron chi connectivity index (χ1n) is 23.2. The third-order valence-electron chi connectivity index (χ3n) is 10.3. The van der Waals surface area contributed by atoms with E-state index in [-0.39, 0.29) is 17.7 Å². The molecule has 0 heterocycles. The second kappa shape index (κ2) is 42.0. The first kappa shape index (κ1) is 51.9. The van der Waals surface area contributed by atoms with Gasteiger partial charge in [-0.2, -0.15) is 0 Å². The molecule has 0 fully saturated rings. The minimum Gasteiger partial charge on any atom is -0.356 e. The highest BCUT2D eigenvalue weighted by Crippen LogP contribution is 2.12. The Morgan fingerprint density at radius 3 is 1.33 bits per heavy atom. The average Bonchev–Trinajstić information content (AvgIpc) is 3.15. The molecule has 0 saturated heterocycles. The molecule has 0 saturated carbocycles. The molecule has 0 unspecified atom stereocenters. The van der Waals surface area contributed by atoms with Gasteiger partial charge in [0.15, 0.2) is 0 Å². The largest absolute Gasteiger partial charge is 0.356 e. The normalized spacial score (nSPS) is 12.2. The van der Waals surface area contributed by atoms with Gasteiger partial charge in [-0.25, -0.2) is 0 Å². The van der Waals surface area contributed by atoms with E-state index in [1.54, 1.807) is 0 Å². The van der Waals surface area contributed by atoms with Gasteiger partial charge in [0.2, 0.25) is 17.7 Å². The van der Waals surface area contributed by atoms with Gasteiger partial charge in [0, 0.05) is 25.9 Å². The van der Waals surface area contributed by atoms with Gasteiger partial charge in [-0.05, 0) is 111 Å². The van der Waals surface area contributed by atoms with Crippen LogP contribution in [0, 0.1) is 0 Å². The van der Waals surface area contributed by atoms with E-state index in [0.29, 0.717) is 32.4 Å². The molecule has 0 aliphatic rings. The number of amides is 3. The smallest absolute Gasteiger partial charge is 0.242 e. The van der Waals surface area contributed by atoms with Crippen LogP contribution < -0.4 is 16.0 Å². The molecule has 0 aliphatic carbocycles. The molecule has 0 bridgehead atoms. The Balaban J connectivity index is 4.10. The quantitative estimate of drug-likeness (QED) is 0.0428. The second-order valence-electron chi connectivity index (χ2n) is 16.1. The van der Waals surface area contributed by atoms with Crippen molar-refractivity contribution in [2.75, 3.05) is 33.7 Å². The maximum absolute atomic E-state index is 13.0. The van der Waals surface area contributed by atoms with Crippen LogP contribution in [0.15, 0.2) is 24.3 Å². The number of unbranched alkanes of at least 4 members (excludes halogenated alkanes) is 23. The molecule has 0 rings (SSSR count). The predicted molar refractivity (Wildman–Crippen MR) is 234 cm³/mol. The number of hydrogen-bond acceptors (Lipinski definition) is 4. The molecule has 54 heavy (non-hydrogen) atoms. The van der Waals surface area contributed by atoms with E-state index in [2.05, 4.69) is 59.0 Å². The Morgan fingerprint density at radius 2 is 0.870 bits per heavy atom. The first-order chi connectivity index (χ1) is 26.4. The maximum Gasteiger partial charge on any atom is 0.242 e. The monoisotopic (exact) mass is 759 g/mol. The van der Waals surface area contributed by atoms with Crippen molar-refractivity contribution in [1.29, 1.82) is 0 Å². The fourth-order valence-corrected chi connectivity index (χ4v) is 6.77. The highest BCUT2D eigenvalue weighted by atomic mass is 16.2. The minimum absolute atomic E-state index is 0.0330. The highest BCUT2D eigenvalue weighted by molar-refractivity contribution is 5.87. The zero-order valence-corrected chi connectivity index (χ0v) is 36.3. The topological polar surface area (TPSA) is 90.5 Å². The molecule has 7 heteroatoms. The maximum atomic E-state index is 13.0. The van der Waals surface area contributed by atoms with Crippen LogP contribution in [0.2, 0.25) is 0 Å². The SMILES string of the molecule is CCCCCCCC/C=C\CCCCCCCC(=O)NCCCC[C@@H](NC(=O)CCCCCCC/C=C\CCCCCCCC)C(=O)NCCCN(C)C. The van der Waals surface area contributed by atoms with Crippen molar-refractivity contribution in [3.63, 3.8) is 0 Å². The van der Waals surface area contributed by atoms with Crippen LogP contribution in [-0.2, 0) is 14.4 Å². The van der Waals surface area contributed by atoms with Crippen molar-refractivity contribution in [3.05, 3.63) is 24.3 Å². The van der Waals surface area contributed by atoms with Crippen molar-refractivity contribution < 1.29 is 14.4 Å². The van der Waals surface area contributed by atoms with Gasteiger partial charge in [0.1, 0.15) is 6.04 Å². The van der Waals surface area contributed by atoms with E-state index in [9.17, 15) is 14.4 Å². The average molecular weight is 759 g/mol. The summed E-state index contributed by atoms with van der Waals surface area (Å²) in [5, 5.41) is 9.11. The van der Waals surface area contributed by atoms with E-state index >= 15 is 0 Å². The third-order valence-corrected chi connectivity index (χ3v) is 10.3. The number of nitrogens with zero attached hydrogens (tertiary/aromatic N) is 1. The molecule has 0 radical (unpaired) electrons. The van der Waals surface area contributed by atoms with Gasteiger partial charge in [0.25, 0.3) is 0 Å². The van der Waals surface area contributed by atoms with Gasteiger partial charge < -0.3 is 20.9 Å². The van der Waals surface area contributed by atoms with Crippen LogP contribution in [-0.4, -0.2) is 62.4 Å². The molecule has 7 nitrogen and oxygen atoms in total. The number of rotatable bonds is 41. The first-order valence-corrected chi connectivity index (χ1v) is 23.2. The molecule has 0 aromatic carbocycles. The molecule has 1 atom stereocenters. The second-order valence-corrected chi connectivity index (χ2v) is 16.1. The Hall–Kier alpha value is -2.15. The number of hydrogen-bond donors (Lipinski definition) is 3. The molecule has 0 spiro atoms. The van der Waals surface area contributed by atoms with Crippen LogP contribution in [0.5, 0.6) is 0 Å². The lowest BCUT2D eigenvalue weighted by molar-refractivity contribution is -0.129. The van der Waals surface area contributed by atoms with Crippen molar-refractivity contribution in [2.24, 2.45) is 0 Å². The van der Waals surface area contributed by atoms with Crippen LogP contribution in [0.1, 0.15) is 219 Å². The van der Waals surface area contributed by atoms with E-state index in [4.69, 9.17) is 0 Å². The summed E-state index contributed by atoms with van der Waals surface area (Å²) >= 11 is 0. The van der Waals surface area contributed by atoms with E-state index < -0.39 is 6.04 Å². The number of carbonyl (C=O) groups excluding carboxylic acids is 3.